The summed E-state index contributed by atoms with van der Waals surface area (Å²) in [6, 6.07) is 11.0. The van der Waals surface area contributed by atoms with Crippen LogP contribution in [0.25, 0.3) is 27.7 Å². The van der Waals surface area contributed by atoms with Crippen molar-refractivity contribution in [3.8, 4) is 11.1 Å². The fourth-order valence-corrected chi connectivity index (χ4v) is 7.33. The summed E-state index contributed by atoms with van der Waals surface area (Å²) in [4.78, 5) is 51.3. The van der Waals surface area contributed by atoms with Crippen LogP contribution >= 0.6 is 15.9 Å². The molecule has 1 saturated carbocycles. The number of ether oxygens (including phenoxy) is 1. The average Bonchev–Trinajstić information content (AvgIpc) is 3.27. The molecule has 0 radical (unpaired) electrons. The summed E-state index contributed by atoms with van der Waals surface area (Å²) in [5.74, 6) is 0.581. The third kappa shape index (κ3) is 5.19. The second-order valence-electron chi connectivity index (χ2n) is 12.8. The minimum absolute atomic E-state index is 0.00851. The summed E-state index contributed by atoms with van der Waals surface area (Å²) in [7, 11) is 1.59. The lowest BCUT2D eigenvalue weighted by molar-refractivity contribution is -0.138. The van der Waals surface area contributed by atoms with Crippen LogP contribution in [0, 0.1) is 19.3 Å². The Morgan fingerprint density at radius 3 is 2.63 bits per heavy atom. The monoisotopic (exact) mass is 683 g/mol. The highest BCUT2D eigenvalue weighted by Gasteiger charge is 2.64. The Morgan fingerprint density at radius 1 is 1.07 bits per heavy atom. The molecule has 2 fully saturated rings. The van der Waals surface area contributed by atoms with Gasteiger partial charge in [-0.1, -0.05) is 13.0 Å². The number of anilines is 1. The molecule has 1 aliphatic heterocycles. The topological polar surface area (TPSA) is 124 Å². The van der Waals surface area contributed by atoms with Gasteiger partial charge in [0.25, 0.3) is 0 Å². The maximum Gasteiger partial charge on any atom is 0.248 e. The summed E-state index contributed by atoms with van der Waals surface area (Å²) >= 11 is 3.38. The number of methoxy groups -OCH3 is 1. The van der Waals surface area contributed by atoms with E-state index < -0.39 is 6.04 Å². The summed E-state index contributed by atoms with van der Waals surface area (Å²) < 4.78 is 9.49. The highest BCUT2D eigenvalue weighted by atomic mass is 79.9. The minimum Gasteiger partial charge on any atom is -0.380 e. The first-order valence-electron chi connectivity index (χ1n) is 15.2. The third-order valence-electron chi connectivity index (χ3n) is 9.33. The highest BCUT2D eigenvalue weighted by Crippen LogP contribution is 2.59. The molecule has 5 heterocycles. The quantitative estimate of drug-likeness (QED) is 0.169. The Labute approximate surface area is 274 Å². The molecule has 1 saturated heterocycles. The van der Waals surface area contributed by atoms with E-state index in [0.717, 1.165) is 45.2 Å². The number of pyridine rings is 2. The summed E-state index contributed by atoms with van der Waals surface area (Å²) in [5, 5.41) is 8.19. The molecule has 4 aromatic heterocycles. The van der Waals surface area contributed by atoms with Crippen molar-refractivity contribution in [3.05, 3.63) is 75.9 Å². The molecule has 12 heteroatoms. The van der Waals surface area contributed by atoms with Gasteiger partial charge in [-0.25, -0.2) is 14.5 Å². The van der Waals surface area contributed by atoms with Crippen molar-refractivity contribution in [2.24, 2.45) is 5.41 Å². The molecule has 5 aromatic rings. The van der Waals surface area contributed by atoms with Crippen LogP contribution in [-0.2, 0) is 27.5 Å². The number of nitrogens with one attached hydrogen (secondary N) is 1. The van der Waals surface area contributed by atoms with Crippen molar-refractivity contribution < 1.29 is 19.1 Å². The number of aryl methyl sites for hydroxylation is 2. The zero-order chi connectivity index (χ0) is 32.5. The lowest BCUT2D eigenvalue weighted by Gasteiger charge is -2.27. The van der Waals surface area contributed by atoms with Crippen LogP contribution in [0.4, 0.5) is 5.82 Å². The largest absolute Gasteiger partial charge is 0.380 e. The molecule has 11 nitrogen and oxygen atoms in total. The van der Waals surface area contributed by atoms with E-state index in [4.69, 9.17) is 4.74 Å². The van der Waals surface area contributed by atoms with Gasteiger partial charge in [0.2, 0.25) is 11.8 Å². The van der Waals surface area contributed by atoms with E-state index in [9.17, 15) is 14.4 Å². The lowest BCUT2D eigenvalue weighted by atomic mass is 9.99. The number of hydrogen-bond donors (Lipinski definition) is 1. The van der Waals surface area contributed by atoms with Crippen LogP contribution in [0.1, 0.15) is 54.0 Å². The number of nitrogens with zero attached hydrogens (tertiary/aromatic N) is 6. The number of halogens is 1. The zero-order valence-corrected chi connectivity index (χ0v) is 27.9. The molecule has 3 atom stereocenters. The molecule has 0 bridgehead atoms. The van der Waals surface area contributed by atoms with Gasteiger partial charge in [-0.2, -0.15) is 5.10 Å². The van der Waals surface area contributed by atoms with Crippen LogP contribution in [-0.4, -0.2) is 65.8 Å². The van der Waals surface area contributed by atoms with Gasteiger partial charge in [0.05, 0.1) is 12.1 Å². The molecule has 1 aliphatic carbocycles. The van der Waals surface area contributed by atoms with Crippen molar-refractivity contribution in [3.63, 3.8) is 0 Å². The van der Waals surface area contributed by atoms with Crippen molar-refractivity contribution in [1.82, 2.24) is 29.0 Å². The molecular formula is C34H34BrN7O4. The average molecular weight is 685 g/mol. The van der Waals surface area contributed by atoms with E-state index in [1.165, 1.54) is 6.92 Å². The Morgan fingerprint density at radius 2 is 1.87 bits per heavy atom. The number of carbonyl (C=O) groups excluding carboxylic acids is 3. The predicted molar refractivity (Wildman–Crippen MR) is 176 cm³/mol. The van der Waals surface area contributed by atoms with E-state index in [1.54, 1.807) is 28.8 Å². The first-order chi connectivity index (χ1) is 22.0. The summed E-state index contributed by atoms with van der Waals surface area (Å²) in [6.07, 6.45) is 5.13. The third-order valence-corrected chi connectivity index (χ3v) is 9.77. The number of aromatic nitrogens is 5. The van der Waals surface area contributed by atoms with Gasteiger partial charge in [0.1, 0.15) is 28.8 Å². The lowest BCUT2D eigenvalue weighted by Crippen LogP contribution is -2.46. The number of rotatable bonds is 8. The molecule has 0 spiro atoms. The second-order valence-corrected chi connectivity index (χ2v) is 13.6. The SMILES string of the molecule is COCc1ccc(Br)nc1NC(=O)[C@@H]1C[C@@]2(C)C[C@H]2N1C(=O)Cn1cc(C(C)=O)c2cc(-c3ccc4nc(C)nn4c3)cc(C)c21. The first-order valence-corrected chi connectivity index (χ1v) is 16.0. The van der Waals surface area contributed by atoms with Gasteiger partial charge in [-0.15, -0.1) is 0 Å². The fourth-order valence-electron chi connectivity index (χ4n) is 7.02. The van der Waals surface area contributed by atoms with E-state index >= 15 is 0 Å². The number of likely N-dealkylation sites (tertiary alicyclic amines) is 1. The van der Waals surface area contributed by atoms with Gasteiger partial charge in [-0.3, -0.25) is 14.4 Å². The minimum atomic E-state index is -0.635. The number of amides is 2. The molecule has 0 unspecified atom stereocenters. The summed E-state index contributed by atoms with van der Waals surface area (Å²) in [6.45, 7) is 7.80. The van der Waals surface area contributed by atoms with Crippen molar-refractivity contribution >= 4 is 55.9 Å². The van der Waals surface area contributed by atoms with Gasteiger partial charge in [0, 0.05) is 47.6 Å². The van der Waals surface area contributed by atoms with Crippen LogP contribution in [0.3, 0.4) is 0 Å². The highest BCUT2D eigenvalue weighted by molar-refractivity contribution is 9.10. The van der Waals surface area contributed by atoms with Crippen LogP contribution < -0.4 is 5.32 Å². The zero-order valence-electron chi connectivity index (χ0n) is 26.3. The predicted octanol–water partition coefficient (Wildman–Crippen LogP) is 5.49. The van der Waals surface area contributed by atoms with E-state index in [0.29, 0.717) is 34.8 Å². The molecular weight excluding hydrogens is 650 g/mol. The Bertz CT molecular complexity index is 2080. The fraction of sp³-hybridized carbons (Fsp3) is 0.353. The van der Waals surface area contributed by atoms with E-state index in [2.05, 4.69) is 49.3 Å². The molecule has 46 heavy (non-hydrogen) atoms. The number of ketones is 1. The maximum atomic E-state index is 14.1. The van der Waals surface area contributed by atoms with Crippen molar-refractivity contribution in [2.45, 2.75) is 65.8 Å². The van der Waals surface area contributed by atoms with Gasteiger partial charge < -0.3 is 19.5 Å². The first kappa shape index (κ1) is 30.2. The standard InChI is InChI=1S/C34H34BrN7O4/c1-18-10-23(21-7-9-29-36-20(3)39-41(29)14-21)11-24-25(19(2)43)15-40(31(18)24)16-30(44)42-26(12-34(4)13-27(34)42)33(45)38-32-22(17-46-5)6-8-28(35)37-32/h6-11,14-15,26-27H,12-13,16-17H2,1-5H3,(H,37,38,45)/t26-,27+,34-/m0/s1. The van der Waals surface area contributed by atoms with Crippen LogP contribution in [0.15, 0.2) is 53.4 Å². The van der Waals surface area contributed by atoms with Crippen molar-refractivity contribution in [2.75, 3.05) is 12.4 Å². The normalized spacial score (nSPS) is 20.3. The maximum absolute atomic E-state index is 14.1. The van der Waals surface area contributed by atoms with E-state index in [-0.39, 0.29) is 35.6 Å². The number of hydrogen-bond acceptors (Lipinski definition) is 7. The van der Waals surface area contributed by atoms with Gasteiger partial charge in [-0.05, 0) is 96.4 Å². The van der Waals surface area contributed by atoms with Crippen molar-refractivity contribution in [1.29, 1.82) is 0 Å². The number of Topliss-reactive ketones (excluding diaryl/α,β-unsaturated/α-hetero) is 1. The molecule has 7 rings (SSSR count). The number of carbonyl (C=O) groups is 3. The molecule has 2 aliphatic rings. The summed E-state index contributed by atoms with van der Waals surface area (Å²) in [5.41, 5.74) is 5.57. The Balaban J connectivity index is 1.20. The number of fused-ring (bicyclic) bond motifs is 3. The number of piperidine rings is 1. The molecule has 2 amide bonds. The van der Waals surface area contributed by atoms with Gasteiger partial charge >= 0.3 is 0 Å². The van der Waals surface area contributed by atoms with Crippen LogP contribution in [0.5, 0.6) is 0 Å². The second kappa shape index (κ2) is 11.1. The van der Waals surface area contributed by atoms with Crippen LogP contribution in [0.2, 0.25) is 0 Å². The van der Waals surface area contributed by atoms with E-state index in [1.807, 2.05) is 48.9 Å². The smallest absolute Gasteiger partial charge is 0.248 e. The van der Waals surface area contributed by atoms with Gasteiger partial charge in [0.15, 0.2) is 11.4 Å². The number of benzene rings is 1. The Hall–Kier alpha value is -4.42. The molecule has 1 aromatic carbocycles. The molecule has 1 N–H and O–H groups in total. The molecule has 236 valence electrons. The Kier molecular flexibility index (Phi) is 7.32.